The Morgan fingerprint density at radius 1 is 1.28 bits per heavy atom. The summed E-state index contributed by atoms with van der Waals surface area (Å²) in [6, 6.07) is 8.50. The highest BCUT2D eigenvalue weighted by Crippen LogP contribution is 2.29. The molecule has 0 amide bonds. The van der Waals surface area contributed by atoms with Crippen molar-refractivity contribution in [3.8, 4) is 0 Å². The fourth-order valence-electron chi connectivity index (χ4n) is 1.95. The predicted octanol–water partition coefficient (Wildman–Crippen LogP) is 3.00. The molecule has 1 atom stereocenters. The molecule has 18 heavy (non-hydrogen) atoms. The number of nitrogen functional groups attached to an aromatic ring is 1. The number of anilines is 2. The molecule has 1 aromatic heterocycles. The van der Waals surface area contributed by atoms with Crippen LogP contribution in [0, 0.1) is 5.82 Å². The van der Waals surface area contributed by atoms with Crippen LogP contribution >= 0.6 is 0 Å². The maximum Gasteiger partial charge on any atom is 0.128 e. The molecule has 0 saturated heterocycles. The van der Waals surface area contributed by atoms with Crippen LogP contribution in [0.1, 0.15) is 18.5 Å². The lowest BCUT2D eigenvalue weighted by molar-refractivity contribution is 0.585. The van der Waals surface area contributed by atoms with Crippen molar-refractivity contribution in [1.82, 2.24) is 4.98 Å². The van der Waals surface area contributed by atoms with E-state index in [-0.39, 0.29) is 11.9 Å². The number of halogens is 1. The van der Waals surface area contributed by atoms with Crippen LogP contribution in [0.5, 0.6) is 0 Å². The molecular formula is C14H16FN3. The van der Waals surface area contributed by atoms with Gasteiger partial charge < -0.3 is 10.6 Å². The molecule has 0 aliphatic carbocycles. The van der Waals surface area contributed by atoms with Gasteiger partial charge in [0.15, 0.2) is 0 Å². The molecule has 0 bridgehead atoms. The first-order valence-corrected chi connectivity index (χ1v) is 5.78. The maximum atomic E-state index is 13.7. The molecular weight excluding hydrogens is 229 g/mol. The fourth-order valence-corrected chi connectivity index (χ4v) is 1.95. The molecule has 0 aliphatic heterocycles. The molecule has 4 heteroatoms. The third-order valence-electron chi connectivity index (χ3n) is 3.14. The lowest BCUT2D eigenvalue weighted by Gasteiger charge is -2.28. The molecule has 2 rings (SSSR count). The van der Waals surface area contributed by atoms with Gasteiger partial charge in [-0.3, -0.25) is 4.98 Å². The number of benzene rings is 1. The van der Waals surface area contributed by atoms with E-state index in [1.165, 1.54) is 6.07 Å². The monoisotopic (exact) mass is 245 g/mol. The van der Waals surface area contributed by atoms with Crippen molar-refractivity contribution in [2.24, 2.45) is 0 Å². The van der Waals surface area contributed by atoms with E-state index in [0.717, 1.165) is 5.69 Å². The minimum Gasteiger partial charge on any atom is -0.396 e. The van der Waals surface area contributed by atoms with Gasteiger partial charge in [0.05, 0.1) is 23.6 Å². The van der Waals surface area contributed by atoms with Crippen LogP contribution in [0.4, 0.5) is 15.8 Å². The zero-order chi connectivity index (χ0) is 13.1. The van der Waals surface area contributed by atoms with Crippen LogP contribution in [-0.2, 0) is 0 Å². The standard InChI is InChI=1S/C14H16FN3/c1-10(11-5-3-4-6-12(11)15)18(2)14-7-8-17-9-13(14)16/h3-10H,16H2,1-2H3. The second-order valence-electron chi connectivity index (χ2n) is 4.24. The van der Waals surface area contributed by atoms with Crippen LogP contribution < -0.4 is 10.6 Å². The largest absolute Gasteiger partial charge is 0.396 e. The Bertz CT molecular complexity index is 493. The number of pyridine rings is 1. The topological polar surface area (TPSA) is 42.2 Å². The van der Waals surface area contributed by atoms with Crippen molar-refractivity contribution in [2.75, 3.05) is 17.7 Å². The van der Waals surface area contributed by atoms with Gasteiger partial charge in [-0.2, -0.15) is 0 Å². The van der Waals surface area contributed by atoms with E-state index in [2.05, 4.69) is 4.98 Å². The smallest absolute Gasteiger partial charge is 0.128 e. The van der Waals surface area contributed by atoms with E-state index in [4.69, 9.17) is 5.73 Å². The third-order valence-corrected chi connectivity index (χ3v) is 3.14. The first-order valence-electron chi connectivity index (χ1n) is 5.78. The summed E-state index contributed by atoms with van der Waals surface area (Å²) in [6.45, 7) is 1.94. The van der Waals surface area contributed by atoms with Crippen molar-refractivity contribution in [3.63, 3.8) is 0 Å². The van der Waals surface area contributed by atoms with E-state index < -0.39 is 0 Å². The number of nitrogens with zero attached hydrogens (tertiary/aromatic N) is 2. The van der Waals surface area contributed by atoms with Gasteiger partial charge in [-0.25, -0.2) is 4.39 Å². The summed E-state index contributed by atoms with van der Waals surface area (Å²) in [6.07, 6.45) is 3.27. The summed E-state index contributed by atoms with van der Waals surface area (Å²) in [4.78, 5) is 5.89. The second-order valence-corrected chi connectivity index (χ2v) is 4.24. The van der Waals surface area contributed by atoms with E-state index >= 15 is 0 Å². The number of rotatable bonds is 3. The van der Waals surface area contributed by atoms with Crippen molar-refractivity contribution < 1.29 is 4.39 Å². The van der Waals surface area contributed by atoms with Crippen LogP contribution in [0.2, 0.25) is 0 Å². The molecule has 0 spiro atoms. The molecule has 94 valence electrons. The Labute approximate surface area is 106 Å². The highest BCUT2D eigenvalue weighted by Gasteiger charge is 2.17. The van der Waals surface area contributed by atoms with E-state index in [0.29, 0.717) is 11.3 Å². The molecule has 3 nitrogen and oxygen atoms in total. The summed E-state index contributed by atoms with van der Waals surface area (Å²) >= 11 is 0. The van der Waals surface area contributed by atoms with E-state index in [1.54, 1.807) is 24.5 Å². The Morgan fingerprint density at radius 2 is 2.00 bits per heavy atom. The highest BCUT2D eigenvalue weighted by atomic mass is 19.1. The van der Waals surface area contributed by atoms with Crippen LogP contribution in [-0.4, -0.2) is 12.0 Å². The van der Waals surface area contributed by atoms with Gasteiger partial charge in [0, 0.05) is 18.8 Å². The SMILES string of the molecule is CC(c1ccccc1F)N(C)c1ccncc1N. The minimum absolute atomic E-state index is 0.101. The van der Waals surface area contributed by atoms with Crippen molar-refractivity contribution in [2.45, 2.75) is 13.0 Å². The van der Waals surface area contributed by atoms with Gasteiger partial charge in [0.1, 0.15) is 5.82 Å². The van der Waals surface area contributed by atoms with Crippen molar-refractivity contribution >= 4 is 11.4 Å². The molecule has 1 heterocycles. The van der Waals surface area contributed by atoms with Gasteiger partial charge >= 0.3 is 0 Å². The zero-order valence-corrected chi connectivity index (χ0v) is 10.5. The predicted molar refractivity (Wildman–Crippen MR) is 71.9 cm³/mol. The molecule has 2 aromatic rings. The van der Waals surface area contributed by atoms with Crippen molar-refractivity contribution in [3.05, 3.63) is 54.1 Å². The molecule has 0 saturated carbocycles. The van der Waals surface area contributed by atoms with Crippen LogP contribution in [0.15, 0.2) is 42.7 Å². The molecule has 0 fully saturated rings. The molecule has 2 N–H and O–H groups in total. The maximum absolute atomic E-state index is 13.7. The Balaban J connectivity index is 2.33. The van der Waals surface area contributed by atoms with Gasteiger partial charge in [-0.15, -0.1) is 0 Å². The zero-order valence-electron chi connectivity index (χ0n) is 10.5. The highest BCUT2D eigenvalue weighted by molar-refractivity contribution is 5.66. The summed E-state index contributed by atoms with van der Waals surface area (Å²) < 4.78 is 13.7. The number of hydrogen-bond donors (Lipinski definition) is 1. The molecule has 1 unspecified atom stereocenters. The molecule has 0 radical (unpaired) electrons. The number of nitrogens with two attached hydrogens (primary N) is 1. The first kappa shape index (κ1) is 12.4. The van der Waals surface area contributed by atoms with Gasteiger partial charge in [0.25, 0.3) is 0 Å². The van der Waals surface area contributed by atoms with Crippen LogP contribution in [0.25, 0.3) is 0 Å². The molecule has 0 aliphatic rings. The molecule has 1 aromatic carbocycles. The minimum atomic E-state index is -0.204. The Kier molecular flexibility index (Phi) is 3.46. The normalized spacial score (nSPS) is 12.2. The number of aromatic nitrogens is 1. The van der Waals surface area contributed by atoms with Gasteiger partial charge in [0.2, 0.25) is 0 Å². The fraction of sp³-hybridized carbons (Fsp3) is 0.214. The average Bonchev–Trinajstić information content (AvgIpc) is 2.38. The number of hydrogen-bond acceptors (Lipinski definition) is 3. The average molecular weight is 245 g/mol. The van der Waals surface area contributed by atoms with Crippen molar-refractivity contribution in [1.29, 1.82) is 0 Å². The third kappa shape index (κ3) is 2.27. The summed E-state index contributed by atoms with van der Waals surface area (Å²) in [5.41, 5.74) is 7.96. The summed E-state index contributed by atoms with van der Waals surface area (Å²) in [5, 5.41) is 0. The first-order chi connectivity index (χ1) is 8.61. The summed E-state index contributed by atoms with van der Waals surface area (Å²) in [5.74, 6) is -0.204. The Morgan fingerprint density at radius 3 is 2.67 bits per heavy atom. The Hall–Kier alpha value is -2.10. The van der Waals surface area contributed by atoms with E-state index in [1.807, 2.05) is 31.0 Å². The lowest BCUT2D eigenvalue weighted by Crippen LogP contribution is -2.23. The lowest BCUT2D eigenvalue weighted by atomic mass is 10.1. The quantitative estimate of drug-likeness (QED) is 0.903. The second kappa shape index (κ2) is 5.04. The van der Waals surface area contributed by atoms with Gasteiger partial charge in [-0.1, -0.05) is 18.2 Å². The van der Waals surface area contributed by atoms with Crippen LogP contribution in [0.3, 0.4) is 0 Å². The van der Waals surface area contributed by atoms with Gasteiger partial charge in [-0.05, 0) is 19.1 Å². The van der Waals surface area contributed by atoms with E-state index in [9.17, 15) is 4.39 Å². The summed E-state index contributed by atoms with van der Waals surface area (Å²) in [7, 11) is 1.89.